The zero-order valence-corrected chi connectivity index (χ0v) is 15.8. The topological polar surface area (TPSA) is 20.2 Å². The lowest BCUT2D eigenvalue weighted by Gasteiger charge is -2.14. The van der Waals surface area contributed by atoms with Crippen molar-refractivity contribution in [2.45, 2.75) is 20.3 Å². The Bertz CT molecular complexity index is 891. The van der Waals surface area contributed by atoms with Gasteiger partial charge < -0.3 is 5.11 Å². The Morgan fingerprint density at radius 2 is 1.56 bits per heavy atom. The summed E-state index contributed by atoms with van der Waals surface area (Å²) in [7, 11) is 2.90. The Kier molecular flexibility index (Phi) is 5.36. The number of hydrogen-bond acceptors (Lipinski definition) is 1. The number of phenols is 1. The number of rotatable bonds is 4. The van der Waals surface area contributed by atoms with Crippen LogP contribution in [0, 0.1) is 6.92 Å². The summed E-state index contributed by atoms with van der Waals surface area (Å²) in [6, 6.07) is 20.3. The molecule has 126 valence electrons. The van der Waals surface area contributed by atoms with E-state index in [9.17, 15) is 5.11 Å². The molecule has 1 N–H and O–H groups in total. The van der Waals surface area contributed by atoms with Gasteiger partial charge in [-0.05, 0) is 58.6 Å². The molecule has 1 atom stereocenters. The summed E-state index contributed by atoms with van der Waals surface area (Å²) in [5.74, 6) is 0.294. The molecule has 0 saturated carbocycles. The van der Waals surface area contributed by atoms with E-state index in [1.165, 1.54) is 33.1 Å². The van der Waals surface area contributed by atoms with E-state index in [4.69, 9.17) is 0 Å². The largest absolute Gasteiger partial charge is 0.508 e. The smallest absolute Gasteiger partial charge is 0.115 e. The van der Waals surface area contributed by atoms with Crippen molar-refractivity contribution in [3.63, 3.8) is 0 Å². The molecule has 0 aliphatic rings. The minimum Gasteiger partial charge on any atom is -0.508 e. The van der Waals surface area contributed by atoms with Crippen LogP contribution in [0.3, 0.4) is 0 Å². The van der Waals surface area contributed by atoms with Gasteiger partial charge in [0.1, 0.15) is 5.75 Å². The van der Waals surface area contributed by atoms with Crippen LogP contribution in [0.1, 0.15) is 29.2 Å². The third kappa shape index (κ3) is 4.00. The molecular weight excluding hydrogens is 323 g/mol. The van der Waals surface area contributed by atoms with E-state index in [0.29, 0.717) is 5.75 Å². The maximum atomic E-state index is 9.50. The third-order valence-electron chi connectivity index (χ3n) is 4.46. The SMILES string of the molecule is CCc1c(/C=C/c2ccc(C)cc2)ccc(-c2ccc(O)cc2)c1P. The van der Waals surface area contributed by atoms with Gasteiger partial charge in [0.25, 0.3) is 0 Å². The van der Waals surface area contributed by atoms with Gasteiger partial charge in [-0.15, -0.1) is 9.24 Å². The summed E-state index contributed by atoms with van der Waals surface area (Å²) < 4.78 is 0. The summed E-state index contributed by atoms with van der Waals surface area (Å²) in [6.45, 7) is 4.29. The Labute approximate surface area is 152 Å². The third-order valence-corrected chi connectivity index (χ3v) is 5.12. The fourth-order valence-corrected chi connectivity index (χ4v) is 3.62. The van der Waals surface area contributed by atoms with Crippen molar-refractivity contribution >= 4 is 26.7 Å². The molecule has 3 aromatic rings. The molecule has 25 heavy (non-hydrogen) atoms. The Morgan fingerprint density at radius 3 is 2.20 bits per heavy atom. The Hall–Kier alpha value is -2.37. The molecule has 0 fully saturated rings. The van der Waals surface area contributed by atoms with E-state index in [0.717, 1.165) is 12.0 Å². The highest BCUT2D eigenvalue weighted by atomic mass is 31.0. The highest BCUT2D eigenvalue weighted by molar-refractivity contribution is 7.28. The minimum atomic E-state index is 0.294. The quantitative estimate of drug-likeness (QED) is 0.481. The molecule has 0 saturated heterocycles. The maximum Gasteiger partial charge on any atom is 0.115 e. The predicted molar refractivity (Wildman–Crippen MR) is 112 cm³/mol. The summed E-state index contributed by atoms with van der Waals surface area (Å²) in [6.07, 6.45) is 5.33. The van der Waals surface area contributed by atoms with Crippen LogP contribution in [0.15, 0.2) is 60.7 Å². The first-order valence-electron chi connectivity index (χ1n) is 8.54. The zero-order chi connectivity index (χ0) is 17.8. The fourth-order valence-electron chi connectivity index (χ4n) is 2.99. The van der Waals surface area contributed by atoms with Crippen molar-refractivity contribution in [2.24, 2.45) is 0 Å². The molecule has 0 amide bonds. The molecular formula is C23H23OP. The van der Waals surface area contributed by atoms with Gasteiger partial charge in [-0.3, -0.25) is 0 Å². The predicted octanol–water partition coefficient (Wildman–Crippen LogP) is 5.60. The van der Waals surface area contributed by atoms with Crippen LogP contribution in [0.2, 0.25) is 0 Å². The molecule has 1 unspecified atom stereocenters. The first kappa shape index (κ1) is 17.5. The van der Waals surface area contributed by atoms with Crippen LogP contribution in [-0.4, -0.2) is 5.11 Å². The molecule has 0 heterocycles. The van der Waals surface area contributed by atoms with E-state index in [2.05, 4.69) is 71.6 Å². The second kappa shape index (κ2) is 7.68. The number of phenolic OH excluding ortho intramolecular Hbond substituents is 1. The molecule has 0 bridgehead atoms. The van der Waals surface area contributed by atoms with Gasteiger partial charge in [0.2, 0.25) is 0 Å². The lowest BCUT2D eigenvalue weighted by Crippen LogP contribution is -2.07. The molecule has 0 aliphatic carbocycles. The molecule has 3 aromatic carbocycles. The van der Waals surface area contributed by atoms with Crippen molar-refractivity contribution in [2.75, 3.05) is 0 Å². The van der Waals surface area contributed by atoms with Crippen LogP contribution in [-0.2, 0) is 6.42 Å². The highest BCUT2D eigenvalue weighted by Crippen LogP contribution is 2.26. The second-order valence-electron chi connectivity index (χ2n) is 6.24. The standard InChI is InChI=1S/C23H23OP/c1-3-21-18(9-8-17-6-4-16(2)5-7-17)12-15-22(23(21)25)19-10-13-20(24)14-11-19/h4-15,24H,3,25H2,1-2H3/b9-8+. The molecule has 0 aliphatic heterocycles. The zero-order valence-electron chi connectivity index (χ0n) is 14.7. The van der Waals surface area contributed by atoms with Crippen molar-refractivity contribution in [3.05, 3.63) is 82.9 Å². The lowest BCUT2D eigenvalue weighted by atomic mass is 9.96. The van der Waals surface area contributed by atoms with E-state index in [1.807, 2.05) is 12.1 Å². The lowest BCUT2D eigenvalue weighted by molar-refractivity contribution is 0.475. The first-order chi connectivity index (χ1) is 12.1. The van der Waals surface area contributed by atoms with Crippen LogP contribution >= 0.6 is 9.24 Å². The van der Waals surface area contributed by atoms with E-state index in [1.54, 1.807) is 12.1 Å². The molecule has 2 heteroatoms. The molecule has 0 aromatic heterocycles. The average Bonchev–Trinajstić information content (AvgIpc) is 2.62. The minimum absolute atomic E-state index is 0.294. The van der Waals surface area contributed by atoms with Crippen LogP contribution in [0.5, 0.6) is 5.75 Å². The number of aryl methyl sites for hydroxylation is 1. The monoisotopic (exact) mass is 346 g/mol. The summed E-state index contributed by atoms with van der Waals surface area (Å²) in [5.41, 5.74) is 7.37. The van der Waals surface area contributed by atoms with E-state index >= 15 is 0 Å². The van der Waals surface area contributed by atoms with Crippen molar-refractivity contribution in [1.82, 2.24) is 0 Å². The van der Waals surface area contributed by atoms with Gasteiger partial charge in [0.05, 0.1) is 0 Å². The highest BCUT2D eigenvalue weighted by Gasteiger charge is 2.09. The molecule has 0 radical (unpaired) electrons. The van der Waals surface area contributed by atoms with Gasteiger partial charge in [-0.2, -0.15) is 0 Å². The molecule has 0 spiro atoms. The van der Waals surface area contributed by atoms with Gasteiger partial charge in [-0.1, -0.05) is 73.2 Å². The van der Waals surface area contributed by atoms with E-state index < -0.39 is 0 Å². The molecule has 1 nitrogen and oxygen atoms in total. The summed E-state index contributed by atoms with van der Waals surface area (Å²) in [4.78, 5) is 0. The van der Waals surface area contributed by atoms with Gasteiger partial charge in [0, 0.05) is 0 Å². The average molecular weight is 346 g/mol. The van der Waals surface area contributed by atoms with Crippen molar-refractivity contribution in [1.29, 1.82) is 0 Å². The number of benzene rings is 3. The summed E-state index contributed by atoms with van der Waals surface area (Å²) >= 11 is 0. The van der Waals surface area contributed by atoms with Crippen LogP contribution in [0.25, 0.3) is 23.3 Å². The maximum absolute atomic E-state index is 9.50. The van der Waals surface area contributed by atoms with Gasteiger partial charge in [-0.25, -0.2) is 0 Å². The van der Waals surface area contributed by atoms with E-state index in [-0.39, 0.29) is 0 Å². The second-order valence-corrected chi connectivity index (χ2v) is 6.82. The van der Waals surface area contributed by atoms with Crippen molar-refractivity contribution < 1.29 is 5.11 Å². The molecule has 3 rings (SSSR count). The number of hydrogen-bond donors (Lipinski definition) is 1. The summed E-state index contributed by atoms with van der Waals surface area (Å²) in [5, 5.41) is 10.7. The Morgan fingerprint density at radius 1 is 0.880 bits per heavy atom. The van der Waals surface area contributed by atoms with Crippen molar-refractivity contribution in [3.8, 4) is 16.9 Å². The van der Waals surface area contributed by atoms with Crippen LogP contribution in [0.4, 0.5) is 0 Å². The first-order valence-corrected chi connectivity index (χ1v) is 9.11. The number of aromatic hydroxyl groups is 1. The van der Waals surface area contributed by atoms with Gasteiger partial charge >= 0.3 is 0 Å². The Balaban J connectivity index is 1.97. The fraction of sp³-hybridized carbons (Fsp3) is 0.130. The van der Waals surface area contributed by atoms with Gasteiger partial charge in [0.15, 0.2) is 0 Å². The normalized spacial score (nSPS) is 11.2. The van der Waals surface area contributed by atoms with Crippen LogP contribution < -0.4 is 5.30 Å².